The molecule has 0 spiro atoms. The van der Waals surface area contributed by atoms with E-state index >= 15 is 0 Å². The van der Waals surface area contributed by atoms with Crippen LogP contribution in [0.3, 0.4) is 0 Å². The Hall–Kier alpha value is -1.32. The van der Waals surface area contributed by atoms with Crippen LogP contribution in [0.1, 0.15) is 49.5 Å². The van der Waals surface area contributed by atoms with Gasteiger partial charge in [0.1, 0.15) is 5.82 Å². The second-order valence-electron chi connectivity index (χ2n) is 5.45. The number of carbonyl (C=O) groups excluding carboxylic acids is 1. The van der Waals surface area contributed by atoms with Gasteiger partial charge < -0.3 is 9.30 Å². The van der Waals surface area contributed by atoms with E-state index in [0.717, 1.165) is 19.4 Å². The fourth-order valence-electron chi connectivity index (χ4n) is 3.37. The molecule has 0 bridgehead atoms. The van der Waals surface area contributed by atoms with Crippen molar-refractivity contribution in [2.24, 2.45) is 5.92 Å². The van der Waals surface area contributed by atoms with Crippen molar-refractivity contribution in [1.82, 2.24) is 9.55 Å². The second kappa shape index (κ2) is 4.75. The van der Waals surface area contributed by atoms with E-state index in [4.69, 9.17) is 4.74 Å². The summed E-state index contributed by atoms with van der Waals surface area (Å²) in [7, 11) is 1.47. The van der Waals surface area contributed by atoms with E-state index < -0.39 is 0 Å². The van der Waals surface area contributed by atoms with Gasteiger partial charge >= 0.3 is 5.97 Å². The summed E-state index contributed by atoms with van der Waals surface area (Å²) in [4.78, 5) is 16.2. The Morgan fingerprint density at radius 1 is 1.39 bits per heavy atom. The molecule has 1 atom stereocenters. The lowest BCUT2D eigenvalue weighted by molar-refractivity contribution is -0.146. The zero-order chi connectivity index (χ0) is 12.5. The van der Waals surface area contributed by atoms with Crippen molar-refractivity contribution >= 4 is 5.97 Å². The van der Waals surface area contributed by atoms with Crippen LogP contribution in [0.2, 0.25) is 0 Å². The van der Waals surface area contributed by atoms with E-state index in [1.54, 1.807) is 0 Å². The number of aromatic nitrogens is 2. The molecule has 98 valence electrons. The van der Waals surface area contributed by atoms with Crippen molar-refractivity contribution in [3.8, 4) is 0 Å². The lowest BCUT2D eigenvalue weighted by atomic mass is 9.96. The van der Waals surface area contributed by atoms with E-state index in [0.29, 0.717) is 5.92 Å². The minimum absolute atomic E-state index is 0.0237. The van der Waals surface area contributed by atoms with Crippen molar-refractivity contribution in [1.29, 1.82) is 0 Å². The van der Waals surface area contributed by atoms with E-state index in [1.807, 2.05) is 6.20 Å². The Balaban J connectivity index is 1.80. The largest absolute Gasteiger partial charge is 0.469 e. The van der Waals surface area contributed by atoms with E-state index in [9.17, 15) is 4.79 Å². The number of hydrogen-bond donors (Lipinski definition) is 0. The number of fused-ring (bicyclic) bond motifs is 1. The van der Waals surface area contributed by atoms with Crippen molar-refractivity contribution in [3.63, 3.8) is 0 Å². The molecule has 1 aliphatic heterocycles. The first-order valence-electron chi connectivity index (χ1n) is 6.91. The number of ether oxygens (including phenoxy) is 1. The SMILES string of the molecule is COC(=O)C1CCn2c(cnc2C2CCCC2)C1. The number of nitrogens with zero attached hydrogens (tertiary/aromatic N) is 2. The highest BCUT2D eigenvalue weighted by Crippen LogP contribution is 2.35. The predicted molar refractivity (Wildman–Crippen MR) is 67.3 cm³/mol. The van der Waals surface area contributed by atoms with Crippen molar-refractivity contribution in [3.05, 3.63) is 17.7 Å². The summed E-state index contributed by atoms with van der Waals surface area (Å²) in [5.41, 5.74) is 1.21. The molecule has 0 aromatic carbocycles. The third-order valence-corrected chi connectivity index (χ3v) is 4.38. The van der Waals surface area contributed by atoms with Crippen LogP contribution in [0.4, 0.5) is 0 Å². The zero-order valence-electron chi connectivity index (χ0n) is 10.9. The first-order chi connectivity index (χ1) is 8.79. The number of rotatable bonds is 2. The van der Waals surface area contributed by atoms with Crippen LogP contribution in [0.25, 0.3) is 0 Å². The molecule has 1 aromatic rings. The molecule has 1 saturated carbocycles. The number of imidazole rings is 1. The lowest BCUT2D eigenvalue weighted by Crippen LogP contribution is -2.27. The lowest BCUT2D eigenvalue weighted by Gasteiger charge is -2.24. The molecule has 1 aliphatic carbocycles. The molecule has 2 heterocycles. The van der Waals surface area contributed by atoms with E-state index in [1.165, 1.54) is 44.3 Å². The minimum Gasteiger partial charge on any atom is -0.469 e. The highest BCUT2D eigenvalue weighted by atomic mass is 16.5. The van der Waals surface area contributed by atoms with Gasteiger partial charge in [0.15, 0.2) is 0 Å². The zero-order valence-corrected chi connectivity index (χ0v) is 10.9. The van der Waals surface area contributed by atoms with Crippen LogP contribution in [0.5, 0.6) is 0 Å². The molecule has 4 heteroatoms. The van der Waals surface area contributed by atoms with Crippen molar-refractivity contribution in [2.75, 3.05) is 7.11 Å². The maximum Gasteiger partial charge on any atom is 0.309 e. The molecular weight excluding hydrogens is 228 g/mol. The van der Waals surface area contributed by atoms with Crippen molar-refractivity contribution < 1.29 is 9.53 Å². The van der Waals surface area contributed by atoms with Gasteiger partial charge in [-0.2, -0.15) is 0 Å². The Morgan fingerprint density at radius 2 is 2.17 bits per heavy atom. The molecule has 0 saturated heterocycles. The summed E-state index contributed by atoms with van der Waals surface area (Å²) < 4.78 is 7.19. The monoisotopic (exact) mass is 248 g/mol. The quantitative estimate of drug-likeness (QED) is 0.754. The molecule has 4 nitrogen and oxygen atoms in total. The molecule has 18 heavy (non-hydrogen) atoms. The summed E-state index contributed by atoms with van der Waals surface area (Å²) in [5, 5.41) is 0. The smallest absolute Gasteiger partial charge is 0.309 e. The van der Waals surface area contributed by atoms with Gasteiger partial charge in [0.05, 0.1) is 13.0 Å². The summed E-state index contributed by atoms with van der Waals surface area (Å²) >= 11 is 0. The molecule has 2 aliphatic rings. The van der Waals surface area contributed by atoms with Crippen LogP contribution in [0, 0.1) is 5.92 Å². The third-order valence-electron chi connectivity index (χ3n) is 4.38. The van der Waals surface area contributed by atoms with E-state index in [-0.39, 0.29) is 11.9 Å². The molecule has 0 amide bonds. The average molecular weight is 248 g/mol. The van der Waals surface area contributed by atoms with Gasteiger partial charge in [0, 0.05) is 30.8 Å². The Labute approximate surface area is 107 Å². The summed E-state index contributed by atoms with van der Waals surface area (Å²) in [6, 6.07) is 0. The maximum atomic E-state index is 11.6. The van der Waals surface area contributed by atoms with E-state index in [2.05, 4.69) is 9.55 Å². The molecule has 1 unspecified atom stereocenters. The molecular formula is C14H20N2O2. The van der Waals surface area contributed by atoms with Gasteiger partial charge in [0.25, 0.3) is 0 Å². The van der Waals surface area contributed by atoms with Gasteiger partial charge in [-0.25, -0.2) is 4.98 Å². The molecule has 0 radical (unpaired) electrons. The van der Waals surface area contributed by atoms with Gasteiger partial charge in [-0.1, -0.05) is 12.8 Å². The fourth-order valence-corrected chi connectivity index (χ4v) is 3.37. The summed E-state index contributed by atoms with van der Waals surface area (Å²) in [6.45, 7) is 0.918. The summed E-state index contributed by atoms with van der Waals surface area (Å²) in [5.74, 6) is 1.85. The second-order valence-corrected chi connectivity index (χ2v) is 5.45. The van der Waals surface area contributed by atoms with Crippen LogP contribution in [-0.4, -0.2) is 22.6 Å². The predicted octanol–water partition coefficient (Wildman–Crippen LogP) is 2.28. The van der Waals surface area contributed by atoms with Gasteiger partial charge in [-0.05, 0) is 19.3 Å². The normalized spacial score (nSPS) is 23.9. The minimum atomic E-state index is -0.0788. The Kier molecular flexibility index (Phi) is 3.10. The van der Waals surface area contributed by atoms with Gasteiger partial charge in [0.2, 0.25) is 0 Å². The highest BCUT2D eigenvalue weighted by Gasteiger charge is 2.30. The Morgan fingerprint density at radius 3 is 2.89 bits per heavy atom. The topological polar surface area (TPSA) is 44.1 Å². The fraction of sp³-hybridized carbons (Fsp3) is 0.714. The first kappa shape index (κ1) is 11.8. The first-order valence-corrected chi connectivity index (χ1v) is 6.91. The van der Waals surface area contributed by atoms with Crippen LogP contribution < -0.4 is 0 Å². The van der Waals surface area contributed by atoms with Crippen molar-refractivity contribution in [2.45, 2.75) is 51.0 Å². The average Bonchev–Trinajstić information content (AvgIpc) is 3.05. The Bertz CT molecular complexity index is 447. The number of esters is 1. The van der Waals surface area contributed by atoms with Crippen LogP contribution in [-0.2, 0) is 22.5 Å². The molecule has 0 N–H and O–H groups in total. The summed E-state index contributed by atoms with van der Waals surface area (Å²) in [6.07, 6.45) is 8.84. The number of carbonyl (C=O) groups is 1. The van der Waals surface area contributed by atoms with Crippen LogP contribution in [0.15, 0.2) is 6.20 Å². The maximum absolute atomic E-state index is 11.6. The van der Waals surface area contributed by atoms with Crippen LogP contribution >= 0.6 is 0 Å². The third kappa shape index (κ3) is 1.93. The van der Waals surface area contributed by atoms with Gasteiger partial charge in [-0.15, -0.1) is 0 Å². The highest BCUT2D eigenvalue weighted by molar-refractivity contribution is 5.72. The standard InChI is InChI=1S/C14H20N2O2/c1-18-14(17)11-6-7-16-12(8-11)9-15-13(16)10-4-2-3-5-10/h9-11H,2-8H2,1H3. The molecule has 1 aromatic heterocycles. The number of hydrogen-bond acceptors (Lipinski definition) is 3. The molecule has 3 rings (SSSR count). The molecule has 1 fully saturated rings. The number of methoxy groups -OCH3 is 1. The van der Waals surface area contributed by atoms with Gasteiger partial charge in [-0.3, -0.25) is 4.79 Å².